The molecule has 2 aliphatic carbocycles. The van der Waals surface area contributed by atoms with Crippen LogP contribution in [0.4, 0.5) is 5.69 Å². The van der Waals surface area contributed by atoms with E-state index in [1.165, 1.54) is 24.3 Å². The highest BCUT2D eigenvalue weighted by molar-refractivity contribution is 8.00. The van der Waals surface area contributed by atoms with E-state index in [4.69, 9.17) is 9.88 Å². The number of nitrogens with zero attached hydrogens (tertiary/aromatic N) is 1. The lowest BCUT2D eigenvalue weighted by Gasteiger charge is -2.43. The molecule has 8 atom stereocenters. The SMILES string of the molecule is CC(C)C(C(=O)O)N1C(=O)C2C3CC(C2C1=O)C1C3Sc2[nH]c(=O)sc2[C@@H]1c1ccc(OCC(=O)Nc2ccc(S(N)(=O)=O)cc2)cc1. The van der Waals surface area contributed by atoms with Crippen molar-refractivity contribution in [2.75, 3.05) is 11.9 Å². The van der Waals surface area contributed by atoms with Crippen LogP contribution in [0.1, 0.15) is 36.6 Å². The number of amides is 3. The third kappa shape index (κ3) is 5.34. The van der Waals surface area contributed by atoms with E-state index in [1.807, 2.05) is 12.1 Å². The molecule has 2 bridgehead atoms. The standard InChI is InChI=1S/C32H32N4O9S3/c1-13(2)25(31(40)41)36-29(38)23-18-11-19(24(23)30(36)39)26-22(18)21(27-28(46-26)35-32(42)47-27)14-3-7-16(8-4-14)45-12-20(37)34-15-5-9-17(10-6-15)48(33,43)44/h3-10,13,18-19,21-26H,11-12H2,1-2H3,(H,34,37)(H,35,42)(H,40,41)(H2,33,43,44)/t18?,19?,21-,22?,23?,24?,25?,26?/m1/s1. The zero-order valence-corrected chi connectivity index (χ0v) is 28.1. The van der Waals surface area contributed by atoms with Crippen molar-refractivity contribution in [3.05, 3.63) is 68.6 Å². The molecule has 1 aromatic heterocycles. The number of carbonyl (C=O) groups excluding carboxylic acids is 3. The lowest BCUT2D eigenvalue weighted by molar-refractivity contribution is -0.157. The molecule has 2 aliphatic heterocycles. The number of thioether (sulfide) groups is 1. The minimum Gasteiger partial charge on any atom is -0.484 e. The Bertz CT molecular complexity index is 1990. The van der Waals surface area contributed by atoms with Crippen molar-refractivity contribution in [2.24, 2.45) is 40.6 Å². The zero-order chi connectivity index (χ0) is 34.2. The second-order valence-corrected chi connectivity index (χ2v) is 16.8. The number of carboxylic acid groups (broad SMARTS) is 1. The van der Waals surface area contributed by atoms with Crippen LogP contribution in [0.25, 0.3) is 0 Å². The number of sulfonamides is 1. The van der Waals surface area contributed by atoms with Crippen molar-refractivity contribution in [2.45, 2.75) is 47.4 Å². The summed E-state index contributed by atoms with van der Waals surface area (Å²) in [6, 6.07) is 11.4. The largest absolute Gasteiger partial charge is 0.484 e. The molecular formula is C32H32N4O9S3. The summed E-state index contributed by atoms with van der Waals surface area (Å²) >= 11 is 2.69. The number of anilines is 1. The molecule has 0 spiro atoms. The van der Waals surface area contributed by atoms with Gasteiger partial charge in [-0.25, -0.2) is 18.4 Å². The first-order valence-corrected chi connectivity index (χ1v) is 18.6. The van der Waals surface area contributed by atoms with Crippen LogP contribution in [-0.4, -0.2) is 65.0 Å². The average Bonchev–Trinajstić information content (AvgIpc) is 3.76. The summed E-state index contributed by atoms with van der Waals surface area (Å²) in [4.78, 5) is 69.4. The second-order valence-electron chi connectivity index (χ2n) is 13.0. The maximum atomic E-state index is 13.8. The van der Waals surface area contributed by atoms with E-state index in [2.05, 4.69) is 10.3 Å². The molecule has 0 radical (unpaired) electrons. The molecule has 1 saturated heterocycles. The lowest BCUT2D eigenvalue weighted by Crippen LogP contribution is -2.49. The minimum atomic E-state index is -3.85. The molecule has 3 aromatic rings. The molecule has 4 aliphatic rings. The van der Waals surface area contributed by atoms with Gasteiger partial charge >= 0.3 is 10.8 Å². The second kappa shape index (κ2) is 11.9. The van der Waals surface area contributed by atoms with Gasteiger partial charge in [0.1, 0.15) is 11.8 Å². The highest BCUT2D eigenvalue weighted by Crippen LogP contribution is 2.68. The number of fused-ring (bicyclic) bond motifs is 9. The number of benzene rings is 2. The highest BCUT2D eigenvalue weighted by atomic mass is 32.2. The van der Waals surface area contributed by atoms with Crippen LogP contribution in [-0.2, 0) is 29.2 Å². The molecule has 7 unspecified atom stereocenters. The average molecular weight is 713 g/mol. The maximum absolute atomic E-state index is 13.8. The van der Waals surface area contributed by atoms with Gasteiger partial charge in [-0.1, -0.05) is 37.3 Å². The summed E-state index contributed by atoms with van der Waals surface area (Å²) in [7, 11) is -3.85. The molecule has 5 N–H and O–H groups in total. The predicted molar refractivity (Wildman–Crippen MR) is 175 cm³/mol. The smallest absolute Gasteiger partial charge is 0.327 e. The Hall–Kier alpha value is -3.99. The molecule has 2 saturated carbocycles. The van der Waals surface area contributed by atoms with Gasteiger partial charge in [-0.3, -0.25) is 24.1 Å². The Morgan fingerprint density at radius 2 is 1.69 bits per heavy atom. The van der Waals surface area contributed by atoms with E-state index < -0.39 is 57.5 Å². The van der Waals surface area contributed by atoms with Gasteiger partial charge in [0, 0.05) is 21.7 Å². The summed E-state index contributed by atoms with van der Waals surface area (Å²) in [6.07, 6.45) is 0.680. The number of carbonyl (C=O) groups is 4. The summed E-state index contributed by atoms with van der Waals surface area (Å²) in [5.74, 6) is -4.22. The van der Waals surface area contributed by atoms with Gasteiger partial charge in [0.25, 0.3) is 5.91 Å². The van der Waals surface area contributed by atoms with Crippen molar-refractivity contribution >= 4 is 62.5 Å². The maximum Gasteiger partial charge on any atom is 0.327 e. The van der Waals surface area contributed by atoms with Gasteiger partial charge < -0.3 is 20.1 Å². The van der Waals surface area contributed by atoms with Crippen molar-refractivity contribution in [1.82, 2.24) is 9.88 Å². The number of hydrogen-bond acceptors (Lipinski definition) is 10. The monoisotopic (exact) mass is 712 g/mol. The number of rotatable bonds is 9. The van der Waals surface area contributed by atoms with Crippen LogP contribution in [0.2, 0.25) is 0 Å². The fraction of sp³-hybridized carbons (Fsp3) is 0.406. The van der Waals surface area contributed by atoms with Crippen LogP contribution in [0.15, 0.2) is 63.2 Å². The van der Waals surface area contributed by atoms with Crippen molar-refractivity contribution in [3.63, 3.8) is 0 Å². The van der Waals surface area contributed by atoms with Crippen molar-refractivity contribution in [3.8, 4) is 5.75 Å². The number of thiazole rings is 1. The van der Waals surface area contributed by atoms with Crippen LogP contribution in [0, 0.1) is 35.5 Å². The normalized spacial score (nSPS) is 27.8. The van der Waals surface area contributed by atoms with Crippen LogP contribution < -0.4 is 20.1 Å². The lowest BCUT2D eigenvalue weighted by atomic mass is 9.68. The Labute approximate surface area is 283 Å². The van der Waals surface area contributed by atoms with E-state index in [1.54, 1.807) is 37.7 Å². The number of likely N-dealkylation sites (tertiary alicyclic amines) is 1. The number of aromatic nitrogens is 1. The molecule has 3 fully saturated rings. The fourth-order valence-corrected chi connectivity index (χ4v) is 11.6. The number of nitrogens with one attached hydrogen (secondary N) is 2. The molecule has 7 rings (SSSR count). The first-order valence-electron chi connectivity index (χ1n) is 15.4. The number of aromatic amines is 1. The Kier molecular flexibility index (Phi) is 8.04. The summed E-state index contributed by atoms with van der Waals surface area (Å²) in [5.41, 5.74) is 1.27. The molecule has 252 valence electrons. The first kappa shape index (κ1) is 32.6. The fourth-order valence-electron chi connectivity index (χ4n) is 8.23. The number of ether oxygens (including phenoxy) is 1. The zero-order valence-electron chi connectivity index (χ0n) is 25.7. The number of carboxylic acids is 1. The third-order valence-electron chi connectivity index (χ3n) is 10.00. The number of primary sulfonamides is 1. The van der Waals surface area contributed by atoms with Gasteiger partial charge in [0.05, 0.1) is 21.8 Å². The van der Waals surface area contributed by atoms with Crippen molar-refractivity contribution in [1.29, 1.82) is 0 Å². The molecule has 16 heteroatoms. The van der Waals surface area contributed by atoms with Gasteiger partial charge in [0.2, 0.25) is 21.8 Å². The number of H-pyrrole nitrogens is 1. The quantitative estimate of drug-likeness (QED) is 0.239. The van der Waals surface area contributed by atoms with E-state index in [0.29, 0.717) is 17.9 Å². The van der Waals surface area contributed by atoms with E-state index >= 15 is 0 Å². The summed E-state index contributed by atoms with van der Waals surface area (Å²) in [5, 5.41) is 18.4. The Balaban J connectivity index is 1.11. The minimum absolute atomic E-state index is 0.0447. The molecule has 2 aromatic carbocycles. The van der Waals surface area contributed by atoms with E-state index in [-0.39, 0.29) is 45.3 Å². The molecule has 48 heavy (non-hydrogen) atoms. The number of hydrogen-bond donors (Lipinski definition) is 4. The van der Waals surface area contributed by atoms with Gasteiger partial charge in [0.15, 0.2) is 6.61 Å². The van der Waals surface area contributed by atoms with E-state index in [0.717, 1.165) is 31.7 Å². The van der Waals surface area contributed by atoms with Gasteiger partial charge in [-0.05, 0) is 72.1 Å². The molecule has 3 heterocycles. The van der Waals surface area contributed by atoms with Crippen molar-refractivity contribution < 1.29 is 37.4 Å². The van der Waals surface area contributed by atoms with Gasteiger partial charge in [-0.15, -0.1) is 11.8 Å². The van der Waals surface area contributed by atoms with Crippen LogP contribution in [0.3, 0.4) is 0 Å². The number of imide groups is 1. The molecule has 13 nitrogen and oxygen atoms in total. The van der Waals surface area contributed by atoms with E-state index in [9.17, 15) is 37.5 Å². The highest BCUT2D eigenvalue weighted by Gasteiger charge is 2.70. The van der Waals surface area contributed by atoms with Gasteiger partial charge in [-0.2, -0.15) is 0 Å². The molecular weight excluding hydrogens is 681 g/mol. The van der Waals surface area contributed by atoms with Crippen LogP contribution in [0.5, 0.6) is 5.75 Å². The number of nitrogens with two attached hydrogens (primary N) is 1. The van der Waals surface area contributed by atoms with Crippen LogP contribution >= 0.6 is 23.1 Å². The molecule has 3 amide bonds. The first-order chi connectivity index (χ1) is 22.7. The topological polar surface area (TPSA) is 206 Å². The predicted octanol–water partition coefficient (Wildman–Crippen LogP) is 2.68. The summed E-state index contributed by atoms with van der Waals surface area (Å²) in [6.45, 7) is 3.08. The Morgan fingerprint density at radius 1 is 1.04 bits per heavy atom. The number of aliphatic carboxylic acids is 1. The third-order valence-corrected chi connectivity index (χ3v) is 13.5. The Morgan fingerprint density at radius 3 is 2.29 bits per heavy atom. The summed E-state index contributed by atoms with van der Waals surface area (Å²) < 4.78 is 28.6.